The minimum Gasteiger partial charge on any atom is -0.494 e. The fourth-order valence-corrected chi connectivity index (χ4v) is 5.57. The molecule has 2 aliphatic carbocycles. The van der Waals surface area contributed by atoms with E-state index in [2.05, 4.69) is 21.2 Å². The molecule has 1 saturated heterocycles. The molecule has 144 valence electrons. The van der Waals surface area contributed by atoms with Crippen molar-refractivity contribution in [3.8, 4) is 5.75 Å². The number of alkyl halides is 1. The maximum Gasteiger partial charge on any atom is 0.310 e. The summed E-state index contributed by atoms with van der Waals surface area (Å²) < 4.78 is 15.9. The fraction of sp³-hybridized carbons (Fsp3) is 0.526. The van der Waals surface area contributed by atoms with E-state index < -0.39 is 30.3 Å². The third-order valence-electron chi connectivity index (χ3n) is 5.59. The Morgan fingerprint density at radius 1 is 1.26 bits per heavy atom. The van der Waals surface area contributed by atoms with Crippen molar-refractivity contribution < 1.29 is 28.6 Å². The molecule has 1 aromatic rings. The summed E-state index contributed by atoms with van der Waals surface area (Å²) in [6.45, 7) is 2.07. The molecule has 7 nitrogen and oxygen atoms in total. The summed E-state index contributed by atoms with van der Waals surface area (Å²) >= 11 is 3.55. The second-order valence-corrected chi connectivity index (χ2v) is 8.13. The molecule has 1 aliphatic heterocycles. The topological polar surface area (TPSA) is 90.9 Å². The van der Waals surface area contributed by atoms with Gasteiger partial charge in [-0.2, -0.15) is 0 Å². The van der Waals surface area contributed by atoms with Crippen LogP contribution < -0.4 is 10.1 Å². The van der Waals surface area contributed by atoms with Gasteiger partial charge in [0.05, 0.1) is 23.3 Å². The number of hydrogen-bond acceptors (Lipinski definition) is 6. The lowest BCUT2D eigenvalue weighted by Gasteiger charge is -2.26. The first-order chi connectivity index (χ1) is 13.0. The number of esters is 2. The first kappa shape index (κ1) is 18.3. The standard InChI is InChI=1S/C19H20BrNO6/c1-2-25-10-5-3-9(4-6-10)21-13(22)8-26-18(23)14-11-7-12-15(14)19(24)27-17(12)16(11)20/h3-6,11-12,14-17H,2,7-8H2,1H3,(H,21,22)/t11-,12-,14-,15-,16+,17+/m1/s1. The normalized spacial score (nSPS) is 32.9. The van der Waals surface area contributed by atoms with E-state index in [0.717, 1.165) is 6.42 Å². The first-order valence-corrected chi connectivity index (χ1v) is 9.95. The van der Waals surface area contributed by atoms with Crippen LogP contribution in [0.1, 0.15) is 13.3 Å². The molecule has 0 unspecified atom stereocenters. The van der Waals surface area contributed by atoms with Gasteiger partial charge in [-0.05, 0) is 43.5 Å². The van der Waals surface area contributed by atoms with Crippen LogP contribution in [0.15, 0.2) is 24.3 Å². The molecule has 3 aliphatic rings. The number of fused-ring (bicyclic) bond motifs is 1. The van der Waals surface area contributed by atoms with Crippen LogP contribution in [0.2, 0.25) is 0 Å². The van der Waals surface area contributed by atoms with Crippen LogP contribution in [0.25, 0.3) is 0 Å². The van der Waals surface area contributed by atoms with Crippen LogP contribution in [0, 0.1) is 23.7 Å². The Bertz CT molecular complexity index is 766. The Balaban J connectivity index is 1.31. The van der Waals surface area contributed by atoms with E-state index in [1.807, 2.05) is 6.92 Å². The summed E-state index contributed by atoms with van der Waals surface area (Å²) in [5.74, 6) is -1.44. The number of anilines is 1. The lowest BCUT2D eigenvalue weighted by molar-refractivity contribution is -0.157. The monoisotopic (exact) mass is 437 g/mol. The van der Waals surface area contributed by atoms with Gasteiger partial charge in [-0.15, -0.1) is 0 Å². The largest absolute Gasteiger partial charge is 0.494 e. The predicted octanol–water partition coefficient (Wildman–Crippen LogP) is 2.14. The maximum atomic E-state index is 12.5. The third kappa shape index (κ3) is 3.20. The summed E-state index contributed by atoms with van der Waals surface area (Å²) in [5.41, 5.74) is 0.585. The van der Waals surface area contributed by atoms with Crippen molar-refractivity contribution in [1.82, 2.24) is 0 Å². The molecule has 8 heteroatoms. The molecule has 6 atom stereocenters. The van der Waals surface area contributed by atoms with Crippen molar-refractivity contribution in [1.29, 1.82) is 0 Å². The average Bonchev–Trinajstić information content (AvgIpc) is 3.26. The van der Waals surface area contributed by atoms with Gasteiger partial charge in [0.15, 0.2) is 6.61 Å². The zero-order valence-electron chi connectivity index (χ0n) is 14.7. The quantitative estimate of drug-likeness (QED) is 0.541. The van der Waals surface area contributed by atoms with Crippen LogP contribution in [-0.4, -0.2) is 42.0 Å². The Morgan fingerprint density at radius 3 is 2.70 bits per heavy atom. The number of hydrogen-bond donors (Lipinski definition) is 1. The fourth-order valence-electron chi connectivity index (χ4n) is 4.53. The summed E-state index contributed by atoms with van der Waals surface area (Å²) in [6, 6.07) is 6.92. The number of ether oxygens (including phenoxy) is 3. The number of benzene rings is 1. The van der Waals surface area contributed by atoms with Gasteiger partial charge in [0.1, 0.15) is 11.9 Å². The predicted molar refractivity (Wildman–Crippen MR) is 98.4 cm³/mol. The lowest BCUT2D eigenvalue weighted by atomic mass is 9.80. The SMILES string of the molecule is CCOc1ccc(NC(=O)COC(=O)[C@@H]2[C@H]3C[C@H]4[C@H](OC(=O)[C@H]42)[C@H]3Br)cc1. The molecule has 0 spiro atoms. The van der Waals surface area contributed by atoms with E-state index in [1.165, 1.54) is 0 Å². The van der Waals surface area contributed by atoms with E-state index in [-0.39, 0.29) is 28.7 Å². The molecular formula is C19H20BrNO6. The van der Waals surface area contributed by atoms with Gasteiger partial charge < -0.3 is 19.5 Å². The Labute approximate surface area is 164 Å². The molecule has 2 bridgehead atoms. The van der Waals surface area contributed by atoms with Gasteiger partial charge >= 0.3 is 11.9 Å². The molecule has 1 N–H and O–H groups in total. The molecule has 1 aromatic carbocycles. The molecular weight excluding hydrogens is 418 g/mol. The van der Waals surface area contributed by atoms with E-state index in [1.54, 1.807) is 24.3 Å². The van der Waals surface area contributed by atoms with Crippen molar-refractivity contribution in [3.05, 3.63) is 24.3 Å². The van der Waals surface area contributed by atoms with Crippen LogP contribution in [0.5, 0.6) is 5.75 Å². The highest BCUT2D eigenvalue weighted by atomic mass is 79.9. The number of amides is 1. The molecule has 27 heavy (non-hydrogen) atoms. The highest BCUT2D eigenvalue weighted by Gasteiger charge is 2.68. The van der Waals surface area contributed by atoms with E-state index in [4.69, 9.17) is 14.2 Å². The molecule has 0 radical (unpaired) electrons. The van der Waals surface area contributed by atoms with Gasteiger partial charge in [-0.3, -0.25) is 14.4 Å². The highest BCUT2D eigenvalue weighted by molar-refractivity contribution is 9.09. The van der Waals surface area contributed by atoms with Gasteiger partial charge in [0.25, 0.3) is 5.91 Å². The Kier molecular flexibility index (Phi) is 4.84. The van der Waals surface area contributed by atoms with Gasteiger partial charge in [0, 0.05) is 11.6 Å². The summed E-state index contributed by atoms with van der Waals surface area (Å²) in [7, 11) is 0. The zero-order valence-corrected chi connectivity index (χ0v) is 16.3. The van der Waals surface area contributed by atoms with Crippen molar-refractivity contribution in [3.63, 3.8) is 0 Å². The number of rotatable bonds is 6. The van der Waals surface area contributed by atoms with E-state index in [0.29, 0.717) is 18.0 Å². The second-order valence-electron chi connectivity index (χ2n) is 7.07. The van der Waals surface area contributed by atoms with Gasteiger partial charge in [-0.1, -0.05) is 15.9 Å². The molecule has 1 heterocycles. The van der Waals surface area contributed by atoms with Crippen molar-refractivity contribution in [2.45, 2.75) is 24.3 Å². The molecule has 4 rings (SSSR count). The van der Waals surface area contributed by atoms with E-state index >= 15 is 0 Å². The second kappa shape index (κ2) is 7.14. The van der Waals surface area contributed by atoms with Crippen molar-refractivity contribution >= 4 is 39.5 Å². The number of carbonyl (C=O) groups is 3. The molecule has 0 aromatic heterocycles. The minimum absolute atomic E-state index is 0.0121. The average molecular weight is 438 g/mol. The van der Waals surface area contributed by atoms with Crippen LogP contribution >= 0.6 is 15.9 Å². The van der Waals surface area contributed by atoms with Crippen LogP contribution in [-0.2, 0) is 23.9 Å². The third-order valence-corrected chi connectivity index (χ3v) is 6.79. The molecule has 2 saturated carbocycles. The van der Waals surface area contributed by atoms with Crippen LogP contribution in [0.4, 0.5) is 5.69 Å². The van der Waals surface area contributed by atoms with Crippen molar-refractivity contribution in [2.75, 3.05) is 18.5 Å². The smallest absolute Gasteiger partial charge is 0.310 e. The number of carbonyl (C=O) groups excluding carboxylic acids is 3. The zero-order chi connectivity index (χ0) is 19.1. The molecule has 1 amide bonds. The number of nitrogens with one attached hydrogen (secondary N) is 1. The Morgan fingerprint density at radius 2 is 2.00 bits per heavy atom. The van der Waals surface area contributed by atoms with Gasteiger partial charge in [-0.25, -0.2) is 0 Å². The maximum absolute atomic E-state index is 12.5. The molecule has 3 fully saturated rings. The summed E-state index contributed by atoms with van der Waals surface area (Å²) in [4.78, 5) is 36.6. The highest BCUT2D eigenvalue weighted by Crippen LogP contribution is 2.60. The first-order valence-electron chi connectivity index (χ1n) is 9.03. The van der Waals surface area contributed by atoms with Gasteiger partial charge in [0.2, 0.25) is 0 Å². The minimum atomic E-state index is -0.538. The Hall–Kier alpha value is -2.09. The lowest BCUT2D eigenvalue weighted by Crippen LogP contribution is -2.39. The summed E-state index contributed by atoms with van der Waals surface area (Å²) in [5, 5.41) is 2.67. The number of halogens is 1. The summed E-state index contributed by atoms with van der Waals surface area (Å²) in [6.07, 6.45) is 0.634. The van der Waals surface area contributed by atoms with E-state index in [9.17, 15) is 14.4 Å². The van der Waals surface area contributed by atoms with Crippen LogP contribution in [0.3, 0.4) is 0 Å². The van der Waals surface area contributed by atoms with Crippen molar-refractivity contribution in [2.24, 2.45) is 23.7 Å².